The Hall–Kier alpha value is -0.940. The predicted octanol–water partition coefficient (Wildman–Crippen LogP) is 2.83. The zero-order valence-electron chi connectivity index (χ0n) is 6.87. The quantitative estimate of drug-likeness (QED) is 0.370. The van der Waals surface area contributed by atoms with Crippen molar-refractivity contribution >= 4 is 39.0 Å². The molecule has 0 amide bonds. The molecule has 74 valence electrons. The fourth-order valence-corrected chi connectivity index (χ4v) is 1.55. The first kappa shape index (κ1) is 11.1. The van der Waals surface area contributed by atoms with Crippen LogP contribution in [-0.4, -0.2) is 16.0 Å². The highest BCUT2D eigenvalue weighted by atomic mass is 79.9. The molecule has 0 unspecified atom stereocenters. The largest absolute Gasteiger partial charge is 0.293 e. The molecule has 0 radical (unpaired) electrons. The monoisotopic (exact) mass is 277 g/mol. The molecule has 1 rings (SSSR count). The smallest absolute Gasteiger partial charge is 0.288 e. The standard InChI is InChI=1S/C8H5BrClNO3/c9-4-7(12)5-2-1-3-6(8(5)10)11(13)14/h1-3H,4H2. The first-order valence-electron chi connectivity index (χ1n) is 3.60. The summed E-state index contributed by atoms with van der Waals surface area (Å²) in [7, 11) is 0. The van der Waals surface area contributed by atoms with E-state index < -0.39 is 4.92 Å². The third-order valence-corrected chi connectivity index (χ3v) is 2.50. The molecule has 0 saturated carbocycles. The van der Waals surface area contributed by atoms with Crippen molar-refractivity contribution in [3.63, 3.8) is 0 Å². The highest BCUT2D eigenvalue weighted by Crippen LogP contribution is 2.28. The number of hydrogen-bond acceptors (Lipinski definition) is 3. The van der Waals surface area contributed by atoms with E-state index in [9.17, 15) is 14.9 Å². The summed E-state index contributed by atoms with van der Waals surface area (Å²) in [4.78, 5) is 21.1. The fourth-order valence-electron chi connectivity index (χ4n) is 0.948. The summed E-state index contributed by atoms with van der Waals surface area (Å²) >= 11 is 8.66. The number of Topliss-reactive ketones (excluding diaryl/α,β-unsaturated/α-hetero) is 1. The van der Waals surface area contributed by atoms with Gasteiger partial charge in [-0.15, -0.1) is 0 Å². The van der Waals surface area contributed by atoms with E-state index in [-0.39, 0.29) is 27.4 Å². The Kier molecular flexibility index (Phi) is 3.60. The summed E-state index contributed by atoms with van der Waals surface area (Å²) in [5, 5.41) is 10.5. The Morgan fingerprint density at radius 1 is 1.57 bits per heavy atom. The number of ketones is 1. The summed E-state index contributed by atoms with van der Waals surface area (Å²) in [6.45, 7) is 0. The first-order chi connectivity index (χ1) is 6.57. The number of carbonyl (C=O) groups excluding carboxylic acids is 1. The maximum atomic E-state index is 11.3. The van der Waals surface area contributed by atoms with Gasteiger partial charge >= 0.3 is 0 Å². The molecule has 0 aliphatic rings. The first-order valence-corrected chi connectivity index (χ1v) is 5.10. The Bertz CT molecular complexity index is 394. The molecule has 0 aliphatic heterocycles. The molecule has 14 heavy (non-hydrogen) atoms. The number of hydrogen-bond donors (Lipinski definition) is 0. The Morgan fingerprint density at radius 3 is 2.71 bits per heavy atom. The van der Waals surface area contributed by atoms with Crippen LogP contribution in [0.5, 0.6) is 0 Å². The second kappa shape index (κ2) is 4.52. The highest BCUT2D eigenvalue weighted by molar-refractivity contribution is 9.09. The average Bonchev–Trinajstić information content (AvgIpc) is 2.16. The summed E-state index contributed by atoms with van der Waals surface area (Å²) in [5.41, 5.74) is -0.0868. The van der Waals surface area contributed by atoms with E-state index in [0.717, 1.165) is 0 Å². The topological polar surface area (TPSA) is 60.2 Å². The van der Waals surface area contributed by atoms with Crippen LogP contribution in [0.2, 0.25) is 5.02 Å². The van der Waals surface area contributed by atoms with Crippen LogP contribution in [0.25, 0.3) is 0 Å². The lowest BCUT2D eigenvalue weighted by atomic mass is 10.1. The second-order valence-electron chi connectivity index (χ2n) is 2.45. The number of carbonyl (C=O) groups is 1. The summed E-state index contributed by atoms with van der Waals surface area (Å²) in [5.74, 6) is -0.279. The Balaban J connectivity index is 3.27. The van der Waals surface area contributed by atoms with E-state index in [1.165, 1.54) is 18.2 Å². The maximum absolute atomic E-state index is 11.3. The predicted molar refractivity (Wildman–Crippen MR) is 56.2 cm³/mol. The van der Waals surface area contributed by atoms with Gasteiger partial charge in [0.25, 0.3) is 5.69 Å². The van der Waals surface area contributed by atoms with Crippen molar-refractivity contribution in [1.29, 1.82) is 0 Å². The van der Waals surface area contributed by atoms with Gasteiger partial charge in [0.1, 0.15) is 5.02 Å². The van der Waals surface area contributed by atoms with Crippen LogP contribution in [-0.2, 0) is 0 Å². The minimum atomic E-state index is -0.618. The second-order valence-corrected chi connectivity index (χ2v) is 3.39. The van der Waals surface area contributed by atoms with Gasteiger partial charge in [0, 0.05) is 11.6 Å². The molecule has 0 aromatic heterocycles. The van der Waals surface area contributed by atoms with Gasteiger partial charge in [-0.25, -0.2) is 0 Å². The minimum absolute atomic E-state index is 0.0912. The van der Waals surface area contributed by atoms with Crippen LogP contribution in [0, 0.1) is 10.1 Å². The average molecular weight is 278 g/mol. The van der Waals surface area contributed by atoms with Gasteiger partial charge in [-0.1, -0.05) is 33.6 Å². The molecule has 0 atom stereocenters. The minimum Gasteiger partial charge on any atom is -0.293 e. The van der Waals surface area contributed by atoms with E-state index in [0.29, 0.717) is 0 Å². The number of nitro groups is 1. The van der Waals surface area contributed by atoms with Crippen LogP contribution < -0.4 is 0 Å². The van der Waals surface area contributed by atoms with Crippen molar-refractivity contribution in [2.24, 2.45) is 0 Å². The van der Waals surface area contributed by atoms with Gasteiger partial charge in [0.05, 0.1) is 10.3 Å². The molecule has 0 heterocycles. The number of alkyl halides is 1. The molecule has 0 fully saturated rings. The lowest BCUT2D eigenvalue weighted by Crippen LogP contribution is -2.02. The van der Waals surface area contributed by atoms with E-state index in [1.54, 1.807) is 0 Å². The van der Waals surface area contributed by atoms with Crippen LogP contribution >= 0.6 is 27.5 Å². The molecule has 1 aromatic rings. The van der Waals surface area contributed by atoms with E-state index in [1.807, 2.05) is 0 Å². The summed E-state index contributed by atoms with van der Waals surface area (Å²) in [6.07, 6.45) is 0. The van der Waals surface area contributed by atoms with Gasteiger partial charge in [0.2, 0.25) is 0 Å². The molecule has 0 N–H and O–H groups in total. The van der Waals surface area contributed by atoms with Crippen molar-refractivity contribution in [3.8, 4) is 0 Å². The van der Waals surface area contributed by atoms with Crippen LogP contribution in [0.4, 0.5) is 5.69 Å². The lowest BCUT2D eigenvalue weighted by Gasteiger charge is -2.00. The van der Waals surface area contributed by atoms with Crippen molar-refractivity contribution in [2.75, 3.05) is 5.33 Å². The third-order valence-electron chi connectivity index (χ3n) is 1.60. The SMILES string of the molecule is O=C(CBr)c1cccc([N+](=O)[O-])c1Cl. The third kappa shape index (κ3) is 2.10. The van der Waals surface area contributed by atoms with E-state index >= 15 is 0 Å². The molecular weight excluding hydrogens is 273 g/mol. The van der Waals surface area contributed by atoms with Crippen molar-refractivity contribution in [2.45, 2.75) is 0 Å². The van der Waals surface area contributed by atoms with Crippen molar-refractivity contribution < 1.29 is 9.72 Å². The Morgan fingerprint density at radius 2 is 2.21 bits per heavy atom. The molecule has 0 aliphatic carbocycles. The molecule has 1 aromatic carbocycles. The highest BCUT2D eigenvalue weighted by Gasteiger charge is 2.18. The van der Waals surface area contributed by atoms with Gasteiger partial charge in [0.15, 0.2) is 5.78 Å². The molecular formula is C8H5BrClNO3. The molecule has 4 nitrogen and oxygen atoms in total. The van der Waals surface area contributed by atoms with E-state index in [2.05, 4.69) is 15.9 Å². The van der Waals surface area contributed by atoms with Crippen LogP contribution in [0.3, 0.4) is 0 Å². The Labute approximate surface area is 93.1 Å². The lowest BCUT2D eigenvalue weighted by molar-refractivity contribution is -0.384. The number of halogens is 2. The fraction of sp³-hybridized carbons (Fsp3) is 0.125. The number of nitrogens with zero attached hydrogens (tertiary/aromatic N) is 1. The van der Waals surface area contributed by atoms with E-state index in [4.69, 9.17) is 11.6 Å². The van der Waals surface area contributed by atoms with Gasteiger partial charge < -0.3 is 0 Å². The molecule has 0 saturated heterocycles. The number of nitro benzene ring substituents is 1. The van der Waals surface area contributed by atoms with Crippen LogP contribution in [0.1, 0.15) is 10.4 Å². The van der Waals surface area contributed by atoms with Gasteiger partial charge in [-0.2, -0.15) is 0 Å². The molecule has 0 spiro atoms. The summed E-state index contributed by atoms with van der Waals surface area (Å²) < 4.78 is 0. The normalized spacial score (nSPS) is 9.86. The van der Waals surface area contributed by atoms with Crippen molar-refractivity contribution in [3.05, 3.63) is 38.9 Å². The van der Waals surface area contributed by atoms with Crippen LogP contribution in [0.15, 0.2) is 18.2 Å². The number of rotatable bonds is 3. The van der Waals surface area contributed by atoms with Gasteiger partial charge in [-0.3, -0.25) is 14.9 Å². The van der Waals surface area contributed by atoms with Crippen molar-refractivity contribution in [1.82, 2.24) is 0 Å². The van der Waals surface area contributed by atoms with Gasteiger partial charge in [-0.05, 0) is 6.07 Å². The zero-order chi connectivity index (χ0) is 10.7. The molecule has 6 heteroatoms. The number of benzene rings is 1. The molecule has 0 bridgehead atoms. The maximum Gasteiger partial charge on any atom is 0.288 e. The zero-order valence-corrected chi connectivity index (χ0v) is 9.21. The summed E-state index contributed by atoms with van der Waals surface area (Å²) in [6, 6.07) is 4.15.